The van der Waals surface area contributed by atoms with Gasteiger partial charge < -0.3 is 10.8 Å². The minimum Gasteiger partial charge on any atom is -0.394 e. The first-order valence-corrected chi connectivity index (χ1v) is 4.65. The maximum Gasteiger partial charge on any atom is 0.181 e. The van der Waals surface area contributed by atoms with Gasteiger partial charge >= 0.3 is 0 Å². The number of nitrogens with one attached hydrogen (secondary N) is 1. The molecule has 5 nitrogen and oxygen atoms in total. The van der Waals surface area contributed by atoms with Crippen molar-refractivity contribution < 1.29 is 5.11 Å². The molecular weight excluding hydrogens is 192 g/mol. The van der Waals surface area contributed by atoms with Gasteiger partial charge in [-0.15, -0.1) is 0 Å². The molecule has 15 heavy (non-hydrogen) atoms. The molecule has 0 fully saturated rings. The van der Waals surface area contributed by atoms with E-state index >= 15 is 0 Å². The van der Waals surface area contributed by atoms with Crippen LogP contribution in [0.4, 0.5) is 0 Å². The van der Waals surface area contributed by atoms with Crippen molar-refractivity contribution in [1.29, 1.82) is 0 Å². The van der Waals surface area contributed by atoms with Crippen molar-refractivity contribution in [2.45, 2.75) is 6.04 Å². The summed E-state index contributed by atoms with van der Waals surface area (Å²) in [6.45, 7) is -0.149. The van der Waals surface area contributed by atoms with Crippen LogP contribution >= 0.6 is 0 Å². The molecule has 1 atom stereocenters. The number of nitrogens with zero attached hydrogens (tertiary/aromatic N) is 2. The number of hydrogen-bond donors (Lipinski definition) is 3. The van der Waals surface area contributed by atoms with Crippen LogP contribution in [-0.2, 0) is 0 Å². The lowest BCUT2D eigenvalue weighted by molar-refractivity contribution is 0.263. The van der Waals surface area contributed by atoms with Gasteiger partial charge in [0.25, 0.3) is 0 Å². The summed E-state index contributed by atoms with van der Waals surface area (Å²) in [7, 11) is 0. The Balaban J connectivity index is 2.28. The van der Waals surface area contributed by atoms with Gasteiger partial charge in [0.1, 0.15) is 5.82 Å². The smallest absolute Gasteiger partial charge is 0.181 e. The first kappa shape index (κ1) is 9.82. The van der Waals surface area contributed by atoms with Gasteiger partial charge in [0.15, 0.2) is 5.82 Å². The Bertz CT molecular complexity index is 426. The molecule has 4 N–H and O–H groups in total. The van der Waals surface area contributed by atoms with Gasteiger partial charge in [-0.05, 0) is 0 Å². The van der Waals surface area contributed by atoms with E-state index in [1.165, 1.54) is 0 Å². The van der Waals surface area contributed by atoms with Crippen LogP contribution in [0.2, 0.25) is 0 Å². The van der Waals surface area contributed by atoms with Crippen molar-refractivity contribution in [2.75, 3.05) is 6.61 Å². The molecule has 0 amide bonds. The van der Waals surface area contributed by atoms with Gasteiger partial charge in [-0.2, -0.15) is 5.10 Å². The molecule has 0 saturated carbocycles. The van der Waals surface area contributed by atoms with Crippen molar-refractivity contribution in [3.05, 3.63) is 36.2 Å². The molecule has 2 rings (SSSR count). The van der Waals surface area contributed by atoms with Crippen LogP contribution in [0.5, 0.6) is 0 Å². The summed E-state index contributed by atoms with van der Waals surface area (Å²) in [6.07, 6.45) is 0. The highest BCUT2D eigenvalue weighted by atomic mass is 16.3. The summed E-state index contributed by atoms with van der Waals surface area (Å²) in [6, 6.07) is 9.08. The van der Waals surface area contributed by atoms with E-state index in [-0.39, 0.29) is 6.61 Å². The predicted octanol–water partition coefficient (Wildman–Crippen LogP) is 0.464. The molecule has 0 aliphatic carbocycles. The largest absolute Gasteiger partial charge is 0.394 e. The second-order valence-corrected chi connectivity index (χ2v) is 3.20. The van der Waals surface area contributed by atoms with E-state index in [2.05, 4.69) is 15.2 Å². The van der Waals surface area contributed by atoms with Crippen molar-refractivity contribution in [2.24, 2.45) is 5.73 Å². The minimum absolute atomic E-state index is 0.149. The summed E-state index contributed by atoms with van der Waals surface area (Å²) in [4.78, 5) is 4.20. The number of rotatable bonds is 3. The molecular formula is C10H12N4O. The highest BCUT2D eigenvalue weighted by molar-refractivity contribution is 5.53. The third-order valence-corrected chi connectivity index (χ3v) is 2.08. The van der Waals surface area contributed by atoms with Crippen LogP contribution in [0.3, 0.4) is 0 Å². The maximum atomic E-state index is 8.86. The predicted molar refractivity (Wildman–Crippen MR) is 55.8 cm³/mol. The summed E-state index contributed by atoms with van der Waals surface area (Å²) in [5, 5.41) is 15.6. The highest BCUT2D eigenvalue weighted by Crippen LogP contribution is 2.14. The van der Waals surface area contributed by atoms with Crippen LogP contribution in [-0.4, -0.2) is 26.9 Å². The summed E-state index contributed by atoms with van der Waals surface area (Å²) in [5.74, 6) is 1.09. The third kappa shape index (κ3) is 2.03. The Labute approximate surface area is 87.0 Å². The van der Waals surface area contributed by atoms with Gasteiger partial charge in [-0.3, -0.25) is 5.10 Å². The van der Waals surface area contributed by atoms with Crippen LogP contribution in [0.15, 0.2) is 30.3 Å². The van der Waals surface area contributed by atoms with Crippen LogP contribution < -0.4 is 5.73 Å². The molecule has 0 saturated heterocycles. The number of H-pyrrole nitrogens is 1. The Morgan fingerprint density at radius 1 is 1.33 bits per heavy atom. The number of aromatic nitrogens is 3. The standard InChI is InChI=1S/C10H12N4O/c11-8(6-15)10-12-9(13-14-10)7-4-2-1-3-5-7/h1-5,8,15H,6,11H2,(H,12,13,14). The molecule has 5 heteroatoms. The summed E-state index contributed by atoms with van der Waals surface area (Å²) >= 11 is 0. The topological polar surface area (TPSA) is 87.8 Å². The fourth-order valence-electron chi connectivity index (χ4n) is 1.24. The Morgan fingerprint density at radius 2 is 2.07 bits per heavy atom. The molecule has 0 aliphatic heterocycles. The van der Waals surface area contributed by atoms with Gasteiger partial charge in [-0.1, -0.05) is 30.3 Å². The first-order valence-electron chi connectivity index (χ1n) is 4.65. The van der Waals surface area contributed by atoms with Crippen molar-refractivity contribution >= 4 is 0 Å². The van der Waals surface area contributed by atoms with E-state index in [1.54, 1.807) is 0 Å². The fourth-order valence-corrected chi connectivity index (χ4v) is 1.24. The lowest BCUT2D eigenvalue weighted by Crippen LogP contribution is -2.16. The molecule has 1 unspecified atom stereocenters. The first-order chi connectivity index (χ1) is 7.31. The quantitative estimate of drug-likeness (QED) is 0.678. The Hall–Kier alpha value is -1.72. The molecule has 0 radical (unpaired) electrons. The SMILES string of the molecule is NC(CO)c1nc(-c2ccccc2)n[nH]1. The minimum atomic E-state index is -0.505. The number of aliphatic hydroxyl groups is 1. The van der Waals surface area contributed by atoms with Crippen LogP contribution in [0.25, 0.3) is 11.4 Å². The number of aromatic amines is 1. The Morgan fingerprint density at radius 3 is 2.73 bits per heavy atom. The van der Waals surface area contributed by atoms with E-state index in [1.807, 2.05) is 30.3 Å². The monoisotopic (exact) mass is 204 g/mol. The van der Waals surface area contributed by atoms with Gasteiger partial charge in [0.2, 0.25) is 0 Å². The zero-order chi connectivity index (χ0) is 10.7. The number of benzene rings is 1. The van der Waals surface area contributed by atoms with Crippen molar-refractivity contribution in [3.8, 4) is 11.4 Å². The summed E-state index contributed by atoms with van der Waals surface area (Å²) in [5.41, 5.74) is 6.52. The molecule has 0 spiro atoms. The average molecular weight is 204 g/mol. The molecule has 1 aromatic carbocycles. The zero-order valence-corrected chi connectivity index (χ0v) is 8.09. The summed E-state index contributed by atoms with van der Waals surface area (Å²) < 4.78 is 0. The van der Waals surface area contributed by atoms with E-state index in [9.17, 15) is 0 Å². The zero-order valence-electron chi connectivity index (χ0n) is 8.09. The lowest BCUT2D eigenvalue weighted by Gasteiger charge is -2.00. The van der Waals surface area contributed by atoms with Crippen LogP contribution in [0, 0.1) is 0 Å². The molecule has 2 aromatic rings. The molecule has 1 heterocycles. The number of hydrogen-bond acceptors (Lipinski definition) is 4. The van der Waals surface area contributed by atoms with E-state index in [4.69, 9.17) is 10.8 Å². The fraction of sp³-hybridized carbons (Fsp3) is 0.200. The normalized spacial score (nSPS) is 12.7. The number of nitrogens with two attached hydrogens (primary N) is 1. The van der Waals surface area contributed by atoms with Gasteiger partial charge in [0, 0.05) is 5.56 Å². The second kappa shape index (κ2) is 4.20. The van der Waals surface area contributed by atoms with Crippen molar-refractivity contribution in [1.82, 2.24) is 15.2 Å². The van der Waals surface area contributed by atoms with E-state index in [0.717, 1.165) is 5.56 Å². The molecule has 0 bridgehead atoms. The Kier molecular flexibility index (Phi) is 2.75. The number of aliphatic hydroxyl groups excluding tert-OH is 1. The lowest BCUT2D eigenvalue weighted by atomic mass is 10.2. The maximum absolute atomic E-state index is 8.86. The molecule has 78 valence electrons. The van der Waals surface area contributed by atoms with Gasteiger partial charge in [-0.25, -0.2) is 4.98 Å². The average Bonchev–Trinajstić information content (AvgIpc) is 2.78. The van der Waals surface area contributed by atoms with E-state index < -0.39 is 6.04 Å². The molecule has 1 aromatic heterocycles. The van der Waals surface area contributed by atoms with E-state index in [0.29, 0.717) is 11.6 Å². The van der Waals surface area contributed by atoms with Crippen molar-refractivity contribution in [3.63, 3.8) is 0 Å². The van der Waals surface area contributed by atoms with Gasteiger partial charge in [0.05, 0.1) is 12.6 Å². The highest BCUT2D eigenvalue weighted by Gasteiger charge is 2.10. The van der Waals surface area contributed by atoms with Crippen LogP contribution in [0.1, 0.15) is 11.9 Å². The third-order valence-electron chi connectivity index (χ3n) is 2.08. The molecule has 0 aliphatic rings. The second-order valence-electron chi connectivity index (χ2n) is 3.20.